The number of anilines is 1. The van der Waals surface area contributed by atoms with E-state index in [0.29, 0.717) is 6.29 Å². The van der Waals surface area contributed by atoms with Crippen molar-refractivity contribution in [3.8, 4) is 0 Å². The van der Waals surface area contributed by atoms with E-state index in [0.717, 1.165) is 43.7 Å². The van der Waals surface area contributed by atoms with Crippen LogP contribution in [0, 0.1) is 17.6 Å². The van der Waals surface area contributed by atoms with Gasteiger partial charge >= 0.3 is 0 Å². The van der Waals surface area contributed by atoms with Crippen molar-refractivity contribution in [3.63, 3.8) is 0 Å². The average Bonchev–Trinajstić information content (AvgIpc) is 2.46. The van der Waals surface area contributed by atoms with Crippen LogP contribution in [0.3, 0.4) is 0 Å². The Morgan fingerprint density at radius 1 is 1.20 bits per heavy atom. The number of halogens is 2. The van der Waals surface area contributed by atoms with E-state index in [4.69, 9.17) is 0 Å². The van der Waals surface area contributed by atoms with Crippen LogP contribution in [-0.4, -0.2) is 19.4 Å². The second-order valence-electron chi connectivity index (χ2n) is 5.64. The van der Waals surface area contributed by atoms with E-state index in [2.05, 4.69) is 6.92 Å². The maximum Gasteiger partial charge on any atom is 0.150 e. The number of nitrogens with zero attached hydrogens (tertiary/aromatic N) is 1. The molecule has 1 saturated carbocycles. The molecule has 0 atom stereocenters. The fourth-order valence-electron chi connectivity index (χ4n) is 3.11. The Kier molecular flexibility index (Phi) is 4.73. The summed E-state index contributed by atoms with van der Waals surface area (Å²) in [5, 5.41) is 0. The van der Waals surface area contributed by atoms with Crippen molar-refractivity contribution in [2.24, 2.45) is 5.92 Å². The molecule has 1 aliphatic carbocycles. The van der Waals surface area contributed by atoms with Crippen LogP contribution in [0.5, 0.6) is 0 Å². The number of hydrogen-bond donors (Lipinski definition) is 0. The molecule has 0 aliphatic heterocycles. The minimum Gasteiger partial charge on any atom is -0.367 e. The predicted molar refractivity (Wildman–Crippen MR) is 76.2 cm³/mol. The number of benzene rings is 1. The van der Waals surface area contributed by atoms with E-state index in [-0.39, 0.29) is 17.3 Å². The minimum absolute atomic E-state index is 0.0180. The van der Waals surface area contributed by atoms with Gasteiger partial charge in [0.15, 0.2) is 0 Å². The van der Waals surface area contributed by atoms with Crippen LogP contribution in [0.2, 0.25) is 0 Å². The fraction of sp³-hybridized carbons (Fsp3) is 0.562. The topological polar surface area (TPSA) is 20.3 Å². The average molecular weight is 281 g/mol. The third kappa shape index (κ3) is 3.00. The lowest BCUT2D eigenvalue weighted by Gasteiger charge is -2.36. The van der Waals surface area contributed by atoms with Crippen LogP contribution < -0.4 is 4.90 Å². The van der Waals surface area contributed by atoms with E-state index in [9.17, 15) is 13.6 Å². The summed E-state index contributed by atoms with van der Waals surface area (Å²) in [5.41, 5.74) is 0.0161. The first-order valence-corrected chi connectivity index (χ1v) is 7.23. The van der Waals surface area contributed by atoms with E-state index >= 15 is 0 Å². The van der Waals surface area contributed by atoms with Gasteiger partial charge in [-0.25, -0.2) is 8.78 Å². The van der Waals surface area contributed by atoms with Crippen molar-refractivity contribution < 1.29 is 13.6 Å². The van der Waals surface area contributed by atoms with Gasteiger partial charge in [0.05, 0.1) is 0 Å². The zero-order valence-corrected chi connectivity index (χ0v) is 12.0. The molecule has 0 aromatic heterocycles. The van der Waals surface area contributed by atoms with Crippen LogP contribution in [0.15, 0.2) is 12.1 Å². The van der Waals surface area contributed by atoms with Gasteiger partial charge in [0.2, 0.25) is 0 Å². The number of rotatable bonds is 4. The molecule has 0 amide bonds. The van der Waals surface area contributed by atoms with Gasteiger partial charge in [-0.1, -0.05) is 13.3 Å². The first-order valence-electron chi connectivity index (χ1n) is 7.23. The first kappa shape index (κ1) is 14.9. The highest BCUT2D eigenvalue weighted by atomic mass is 19.1. The van der Waals surface area contributed by atoms with E-state index < -0.39 is 11.6 Å². The Morgan fingerprint density at radius 2 is 1.75 bits per heavy atom. The zero-order chi connectivity index (χ0) is 14.7. The molecule has 0 N–H and O–H groups in total. The molecule has 2 nitrogen and oxygen atoms in total. The lowest BCUT2D eigenvalue weighted by molar-refractivity contribution is 0.112. The summed E-state index contributed by atoms with van der Waals surface area (Å²) in [5.74, 6) is -0.578. The Balaban J connectivity index is 2.17. The molecule has 1 aromatic rings. The van der Waals surface area contributed by atoms with Gasteiger partial charge in [-0.3, -0.25) is 4.79 Å². The van der Waals surface area contributed by atoms with Crippen molar-refractivity contribution in [2.45, 2.75) is 45.1 Å². The van der Waals surface area contributed by atoms with Gasteiger partial charge in [-0.15, -0.1) is 0 Å². The molecular weight excluding hydrogens is 260 g/mol. The first-order chi connectivity index (χ1) is 9.56. The normalized spacial score (nSPS) is 22.6. The molecule has 0 saturated heterocycles. The highest BCUT2D eigenvalue weighted by Gasteiger charge is 2.26. The van der Waals surface area contributed by atoms with Crippen molar-refractivity contribution >= 4 is 12.0 Å². The summed E-state index contributed by atoms with van der Waals surface area (Å²) in [6.45, 7) is 2.19. The van der Waals surface area contributed by atoms with Crippen molar-refractivity contribution in [1.82, 2.24) is 0 Å². The van der Waals surface area contributed by atoms with E-state index in [1.54, 1.807) is 11.9 Å². The predicted octanol–water partition coefficient (Wildman–Crippen LogP) is 4.18. The molecular formula is C16H21F2NO. The van der Waals surface area contributed by atoms with Crippen molar-refractivity contribution in [2.75, 3.05) is 11.9 Å². The molecule has 110 valence electrons. The lowest BCUT2D eigenvalue weighted by Crippen LogP contribution is -2.36. The third-order valence-corrected chi connectivity index (χ3v) is 4.47. The molecule has 0 unspecified atom stereocenters. The Labute approximate surface area is 118 Å². The lowest BCUT2D eigenvalue weighted by atomic mass is 9.84. The number of hydrogen-bond acceptors (Lipinski definition) is 2. The summed E-state index contributed by atoms with van der Waals surface area (Å²) in [4.78, 5) is 12.3. The SMILES string of the molecule is CCC1CCC(N(C)c2c(F)cc(C=O)cc2F)CC1. The molecule has 0 spiro atoms. The molecule has 0 radical (unpaired) electrons. The molecule has 1 fully saturated rings. The maximum atomic E-state index is 14.0. The molecule has 4 heteroatoms. The number of aldehydes is 1. The van der Waals surface area contributed by atoms with Gasteiger partial charge in [0.1, 0.15) is 23.6 Å². The van der Waals surface area contributed by atoms with Crippen LogP contribution in [0.1, 0.15) is 49.4 Å². The Hall–Kier alpha value is -1.45. The van der Waals surface area contributed by atoms with E-state index in [1.165, 1.54) is 6.42 Å². The molecule has 1 aromatic carbocycles. The summed E-state index contributed by atoms with van der Waals surface area (Å²) < 4.78 is 28.0. The summed E-state index contributed by atoms with van der Waals surface area (Å²) in [6, 6.07) is 2.36. The van der Waals surface area contributed by atoms with Crippen LogP contribution in [0.25, 0.3) is 0 Å². The summed E-state index contributed by atoms with van der Waals surface area (Å²) in [6.07, 6.45) is 5.78. The summed E-state index contributed by atoms with van der Waals surface area (Å²) >= 11 is 0. The van der Waals surface area contributed by atoms with Crippen LogP contribution >= 0.6 is 0 Å². The second kappa shape index (κ2) is 6.33. The standard InChI is InChI=1S/C16H21F2NO/c1-3-11-4-6-13(7-5-11)19(2)16-14(17)8-12(10-20)9-15(16)18/h8-11,13H,3-7H2,1-2H3. The van der Waals surface area contributed by atoms with Gasteiger partial charge in [0.25, 0.3) is 0 Å². The van der Waals surface area contributed by atoms with Gasteiger partial charge in [0, 0.05) is 18.7 Å². The Morgan fingerprint density at radius 3 is 2.20 bits per heavy atom. The van der Waals surface area contributed by atoms with Crippen LogP contribution in [-0.2, 0) is 0 Å². The monoisotopic (exact) mass is 281 g/mol. The Bertz CT molecular complexity index is 458. The quantitative estimate of drug-likeness (QED) is 0.772. The minimum atomic E-state index is -0.660. The molecule has 0 heterocycles. The molecule has 1 aliphatic rings. The van der Waals surface area contributed by atoms with Gasteiger partial charge in [-0.2, -0.15) is 0 Å². The summed E-state index contributed by atoms with van der Waals surface area (Å²) in [7, 11) is 1.74. The largest absolute Gasteiger partial charge is 0.367 e. The third-order valence-electron chi connectivity index (χ3n) is 4.47. The zero-order valence-electron chi connectivity index (χ0n) is 12.0. The van der Waals surface area contributed by atoms with Gasteiger partial charge < -0.3 is 4.90 Å². The fourth-order valence-corrected chi connectivity index (χ4v) is 3.11. The molecule has 20 heavy (non-hydrogen) atoms. The number of carbonyl (C=O) groups is 1. The number of carbonyl (C=O) groups excluding carboxylic acids is 1. The highest BCUT2D eigenvalue weighted by Crippen LogP contribution is 2.33. The van der Waals surface area contributed by atoms with Crippen molar-refractivity contribution in [1.29, 1.82) is 0 Å². The van der Waals surface area contributed by atoms with Crippen molar-refractivity contribution in [3.05, 3.63) is 29.3 Å². The maximum absolute atomic E-state index is 14.0. The molecule has 0 bridgehead atoms. The van der Waals surface area contributed by atoms with Crippen LogP contribution in [0.4, 0.5) is 14.5 Å². The van der Waals surface area contributed by atoms with Gasteiger partial charge in [-0.05, 0) is 43.7 Å². The smallest absolute Gasteiger partial charge is 0.150 e. The molecule has 2 rings (SSSR count). The van der Waals surface area contributed by atoms with E-state index in [1.807, 2.05) is 0 Å². The second-order valence-corrected chi connectivity index (χ2v) is 5.64. The highest BCUT2D eigenvalue weighted by molar-refractivity contribution is 5.76.